The zero-order valence-electron chi connectivity index (χ0n) is 20.5. The molecule has 0 aliphatic carbocycles. The van der Waals surface area contributed by atoms with Gasteiger partial charge in [0.05, 0.1) is 23.2 Å². The Hall–Kier alpha value is -1.54. The van der Waals surface area contributed by atoms with Crippen LogP contribution in [0.1, 0.15) is 66.2 Å². The lowest BCUT2D eigenvalue weighted by Gasteiger charge is -2.38. The van der Waals surface area contributed by atoms with E-state index >= 15 is 0 Å². The molecule has 0 aromatic carbocycles. The van der Waals surface area contributed by atoms with Crippen LogP contribution in [0.4, 0.5) is 0 Å². The average molecular weight is 481 g/mol. The fraction of sp³-hybridized carbons (Fsp3) is 0.800. The summed E-state index contributed by atoms with van der Waals surface area (Å²) in [5.41, 5.74) is 0. The fourth-order valence-corrected chi connectivity index (χ4v) is 8.47. The maximum Gasteiger partial charge on any atom is 0.311 e. The predicted octanol–water partition coefficient (Wildman–Crippen LogP) is 3.01. The number of aliphatic hydroxyl groups excluding tert-OH is 1. The highest BCUT2D eigenvalue weighted by Crippen LogP contribution is 2.71. The molecule has 1 spiro atoms. The lowest BCUT2D eigenvalue weighted by Crippen LogP contribution is -2.56. The monoisotopic (exact) mass is 480 g/mol. The second-order valence-electron chi connectivity index (χ2n) is 10.0. The van der Waals surface area contributed by atoms with Crippen LogP contribution < -0.4 is 0 Å². The minimum Gasteiger partial charge on any atom is -0.466 e. The van der Waals surface area contributed by atoms with Crippen LogP contribution in [-0.4, -0.2) is 80.6 Å². The number of likely N-dealkylation sites (tertiary alicyclic amines) is 1. The van der Waals surface area contributed by atoms with Crippen LogP contribution in [0, 0.1) is 11.8 Å². The SMILES string of the molecule is C=CCN(C(=O)C1N(CCCCCCO)C(=O)[C@@H]2[C@H](C(=O)OCC)[C@]3(C)CCC12S3)C(C)C. The third-order valence-corrected chi connectivity index (χ3v) is 9.58. The summed E-state index contributed by atoms with van der Waals surface area (Å²) in [6.07, 6.45) is 6.55. The molecule has 2 amide bonds. The van der Waals surface area contributed by atoms with Gasteiger partial charge in [-0.25, -0.2) is 0 Å². The van der Waals surface area contributed by atoms with Crippen LogP contribution in [0.5, 0.6) is 0 Å². The van der Waals surface area contributed by atoms with Crippen molar-refractivity contribution in [2.45, 2.75) is 87.8 Å². The summed E-state index contributed by atoms with van der Waals surface area (Å²) in [4.78, 5) is 44.5. The maximum absolute atomic E-state index is 14.0. The predicted molar refractivity (Wildman–Crippen MR) is 130 cm³/mol. The number of thioether (sulfide) groups is 1. The average Bonchev–Trinajstić information content (AvgIpc) is 3.32. The molecule has 3 heterocycles. The van der Waals surface area contributed by atoms with Crippen molar-refractivity contribution in [3.8, 4) is 0 Å². The van der Waals surface area contributed by atoms with Crippen LogP contribution in [0.3, 0.4) is 0 Å². The van der Waals surface area contributed by atoms with Crippen LogP contribution in [-0.2, 0) is 19.1 Å². The molecular formula is C25H40N2O5S. The van der Waals surface area contributed by atoms with Gasteiger partial charge in [-0.1, -0.05) is 18.9 Å². The van der Waals surface area contributed by atoms with E-state index in [0.29, 0.717) is 13.1 Å². The summed E-state index contributed by atoms with van der Waals surface area (Å²) in [6, 6.07) is -0.603. The van der Waals surface area contributed by atoms with Gasteiger partial charge in [0, 0.05) is 30.5 Å². The minimum atomic E-state index is -0.597. The highest BCUT2D eigenvalue weighted by molar-refractivity contribution is 8.02. The third-order valence-electron chi connectivity index (χ3n) is 7.59. The molecule has 2 unspecified atom stereocenters. The third kappa shape index (κ3) is 4.45. The summed E-state index contributed by atoms with van der Waals surface area (Å²) in [5, 5.41) is 9.06. The van der Waals surface area contributed by atoms with E-state index in [0.717, 1.165) is 38.5 Å². The number of esters is 1. The standard InChI is InChI=1S/C25H40N2O5S/c1-6-14-26(17(3)4)22(30)20-25-13-12-24(5,33-25)19(23(31)32-7-2)18(25)21(29)27(20)15-10-8-9-11-16-28/h6,17-20,28H,1,7-16H2,2-5H3/t18-,19+,20?,24-,25?/m0/s1. The number of unbranched alkanes of at least 4 members (excludes halogenated alkanes) is 3. The number of carbonyl (C=O) groups is 3. The second-order valence-corrected chi connectivity index (χ2v) is 11.9. The number of carbonyl (C=O) groups excluding carboxylic acids is 3. The molecule has 1 N–H and O–H groups in total. The van der Waals surface area contributed by atoms with E-state index in [1.165, 1.54) is 0 Å². The normalized spacial score (nSPS) is 32.4. The van der Waals surface area contributed by atoms with Crippen molar-refractivity contribution in [1.82, 2.24) is 9.80 Å². The maximum atomic E-state index is 14.0. The Labute approximate surface area is 202 Å². The van der Waals surface area contributed by atoms with Gasteiger partial charge in [0.25, 0.3) is 0 Å². The number of rotatable bonds is 12. The van der Waals surface area contributed by atoms with Crippen molar-refractivity contribution < 1.29 is 24.2 Å². The highest BCUT2D eigenvalue weighted by Gasteiger charge is 2.77. The second kappa shape index (κ2) is 10.4. The summed E-state index contributed by atoms with van der Waals surface area (Å²) >= 11 is 1.68. The Morgan fingerprint density at radius 3 is 2.61 bits per heavy atom. The first-order valence-electron chi connectivity index (χ1n) is 12.4. The highest BCUT2D eigenvalue weighted by atomic mass is 32.2. The summed E-state index contributed by atoms with van der Waals surface area (Å²) in [5.74, 6) is -1.48. The Morgan fingerprint density at radius 1 is 1.30 bits per heavy atom. The van der Waals surface area contributed by atoms with E-state index in [1.807, 2.05) is 13.8 Å². The number of fused-ring (bicyclic) bond motifs is 1. The molecule has 5 atom stereocenters. The quantitative estimate of drug-likeness (QED) is 0.263. The largest absolute Gasteiger partial charge is 0.466 e. The Morgan fingerprint density at radius 2 is 2.00 bits per heavy atom. The van der Waals surface area contributed by atoms with E-state index in [-0.39, 0.29) is 41.8 Å². The van der Waals surface area contributed by atoms with Gasteiger partial charge >= 0.3 is 5.97 Å². The van der Waals surface area contributed by atoms with Gasteiger partial charge in [-0.15, -0.1) is 18.3 Å². The molecule has 2 bridgehead atoms. The van der Waals surface area contributed by atoms with Crippen molar-refractivity contribution in [2.75, 3.05) is 26.3 Å². The van der Waals surface area contributed by atoms with Crippen molar-refractivity contribution >= 4 is 29.5 Å². The van der Waals surface area contributed by atoms with E-state index in [9.17, 15) is 14.4 Å². The van der Waals surface area contributed by atoms with Gasteiger partial charge in [-0.05, 0) is 53.4 Å². The number of hydrogen-bond donors (Lipinski definition) is 1. The lowest BCUT2D eigenvalue weighted by molar-refractivity contribution is -0.155. The minimum absolute atomic E-state index is 0.0208. The van der Waals surface area contributed by atoms with Gasteiger partial charge in [0.1, 0.15) is 6.04 Å². The van der Waals surface area contributed by atoms with E-state index in [4.69, 9.17) is 9.84 Å². The first-order valence-corrected chi connectivity index (χ1v) is 13.2. The molecule has 3 aliphatic heterocycles. The Bertz CT molecular complexity index is 774. The lowest BCUT2D eigenvalue weighted by atomic mass is 9.66. The molecule has 7 nitrogen and oxygen atoms in total. The smallest absolute Gasteiger partial charge is 0.311 e. The topological polar surface area (TPSA) is 87.2 Å². The van der Waals surface area contributed by atoms with E-state index < -0.39 is 22.6 Å². The van der Waals surface area contributed by atoms with Crippen molar-refractivity contribution in [3.63, 3.8) is 0 Å². The molecule has 3 saturated heterocycles. The van der Waals surface area contributed by atoms with Crippen molar-refractivity contribution in [2.24, 2.45) is 11.8 Å². The summed E-state index contributed by atoms with van der Waals surface area (Å²) in [6.45, 7) is 13.0. The number of ether oxygens (including phenoxy) is 1. The Balaban J connectivity index is 1.98. The van der Waals surface area contributed by atoms with Gasteiger partial charge < -0.3 is 19.6 Å². The molecule has 8 heteroatoms. The van der Waals surface area contributed by atoms with Crippen LogP contribution in [0.25, 0.3) is 0 Å². The fourth-order valence-electron chi connectivity index (χ4n) is 6.13. The first kappa shape index (κ1) is 26.1. The van der Waals surface area contributed by atoms with E-state index in [2.05, 4.69) is 13.5 Å². The molecule has 3 fully saturated rings. The summed E-state index contributed by atoms with van der Waals surface area (Å²) < 4.78 is 4.44. The Kier molecular flexibility index (Phi) is 8.20. The van der Waals surface area contributed by atoms with Crippen molar-refractivity contribution in [1.29, 1.82) is 0 Å². The zero-order valence-corrected chi connectivity index (χ0v) is 21.4. The summed E-state index contributed by atoms with van der Waals surface area (Å²) in [7, 11) is 0. The first-order chi connectivity index (χ1) is 15.7. The van der Waals surface area contributed by atoms with Crippen molar-refractivity contribution in [3.05, 3.63) is 12.7 Å². The molecule has 0 saturated carbocycles. The molecule has 3 aliphatic rings. The van der Waals surface area contributed by atoms with Gasteiger partial charge in [0.15, 0.2) is 0 Å². The zero-order chi connectivity index (χ0) is 24.4. The van der Waals surface area contributed by atoms with Crippen LogP contribution in [0.2, 0.25) is 0 Å². The number of aliphatic hydroxyl groups is 1. The molecule has 3 rings (SSSR count). The van der Waals surface area contributed by atoms with Gasteiger partial charge in [-0.2, -0.15) is 0 Å². The molecule has 186 valence electrons. The van der Waals surface area contributed by atoms with Crippen LogP contribution in [0.15, 0.2) is 12.7 Å². The molecule has 0 radical (unpaired) electrons. The molecule has 0 aromatic rings. The molecule has 0 aromatic heterocycles. The number of hydrogen-bond acceptors (Lipinski definition) is 6. The van der Waals surface area contributed by atoms with Gasteiger partial charge in [0.2, 0.25) is 11.8 Å². The van der Waals surface area contributed by atoms with E-state index in [1.54, 1.807) is 34.6 Å². The molecule has 33 heavy (non-hydrogen) atoms. The number of amides is 2. The molecular weight excluding hydrogens is 440 g/mol. The van der Waals surface area contributed by atoms with Crippen LogP contribution >= 0.6 is 11.8 Å². The number of nitrogens with zero attached hydrogens (tertiary/aromatic N) is 2. The van der Waals surface area contributed by atoms with Gasteiger partial charge in [-0.3, -0.25) is 14.4 Å².